The molecular weight excluding hydrogens is 122 g/mol. The molecule has 0 fully saturated rings. The summed E-state index contributed by atoms with van der Waals surface area (Å²) in [4.78, 5) is 3.84. The van der Waals surface area contributed by atoms with Gasteiger partial charge in [0.25, 0.3) is 0 Å². The Balaban J connectivity index is 4.01. The number of thiocarbonyl (C=S) groups is 1. The van der Waals surface area contributed by atoms with E-state index in [0.29, 0.717) is 4.99 Å². The maximum atomic E-state index is 8.02. The van der Waals surface area contributed by atoms with Crippen molar-refractivity contribution in [3.05, 3.63) is 0 Å². The maximum absolute atomic E-state index is 8.02. The SMILES string of the molecule is CC(=S)N=C(N)C#N. The van der Waals surface area contributed by atoms with Gasteiger partial charge in [0.05, 0.1) is 0 Å². The van der Waals surface area contributed by atoms with Gasteiger partial charge in [-0.3, -0.25) is 0 Å². The summed E-state index contributed by atoms with van der Waals surface area (Å²) in [6, 6.07) is 1.64. The molecule has 8 heavy (non-hydrogen) atoms. The van der Waals surface area contributed by atoms with Crippen molar-refractivity contribution in [2.24, 2.45) is 10.7 Å². The van der Waals surface area contributed by atoms with Crippen molar-refractivity contribution in [2.45, 2.75) is 6.92 Å². The first-order chi connectivity index (χ1) is 3.66. The first-order valence-electron chi connectivity index (χ1n) is 1.91. The Hall–Kier alpha value is -0.950. The third kappa shape index (κ3) is 3.25. The Labute approximate surface area is 52.8 Å². The Kier molecular flexibility index (Phi) is 2.74. The van der Waals surface area contributed by atoms with E-state index < -0.39 is 0 Å². The number of aliphatic imine (C=N–C) groups is 1. The molecule has 4 heteroatoms. The number of rotatable bonds is 0. The van der Waals surface area contributed by atoms with Gasteiger partial charge in [-0.05, 0) is 6.92 Å². The summed E-state index contributed by atoms with van der Waals surface area (Å²) in [5, 5.41) is 8.02. The fraction of sp³-hybridized carbons (Fsp3) is 0.250. The molecule has 0 amide bonds. The predicted octanol–water partition coefficient (Wildman–Crippen LogP) is 0.214. The summed E-state index contributed by atoms with van der Waals surface area (Å²) in [5.74, 6) is -0.0856. The molecule has 0 saturated carbocycles. The highest BCUT2D eigenvalue weighted by Crippen LogP contribution is 1.75. The fourth-order valence-electron chi connectivity index (χ4n) is 0.195. The van der Waals surface area contributed by atoms with Crippen LogP contribution in [0.15, 0.2) is 4.99 Å². The molecule has 0 aliphatic rings. The van der Waals surface area contributed by atoms with Crippen LogP contribution in [0.3, 0.4) is 0 Å². The van der Waals surface area contributed by atoms with E-state index in [1.54, 1.807) is 13.0 Å². The topological polar surface area (TPSA) is 62.2 Å². The van der Waals surface area contributed by atoms with Gasteiger partial charge in [0.15, 0.2) is 0 Å². The standard InChI is InChI=1S/C4H5N3S/c1-3(8)7-4(6)2-5/h1H3,(H2,6,7,8). The quantitative estimate of drug-likeness (QED) is 0.287. The zero-order chi connectivity index (χ0) is 6.57. The summed E-state index contributed by atoms with van der Waals surface area (Å²) >= 11 is 4.52. The van der Waals surface area contributed by atoms with E-state index in [0.717, 1.165) is 0 Å². The highest BCUT2D eigenvalue weighted by Gasteiger charge is 1.84. The lowest BCUT2D eigenvalue weighted by Gasteiger charge is -1.81. The van der Waals surface area contributed by atoms with Crippen LogP contribution in [0.25, 0.3) is 0 Å². The van der Waals surface area contributed by atoms with E-state index in [9.17, 15) is 0 Å². The number of nitriles is 1. The van der Waals surface area contributed by atoms with Gasteiger partial charge in [-0.1, -0.05) is 12.2 Å². The van der Waals surface area contributed by atoms with Crippen LogP contribution in [-0.2, 0) is 0 Å². The van der Waals surface area contributed by atoms with E-state index in [-0.39, 0.29) is 5.84 Å². The van der Waals surface area contributed by atoms with Crippen molar-refractivity contribution in [3.8, 4) is 6.07 Å². The first kappa shape index (κ1) is 7.05. The number of amidine groups is 1. The third-order valence-corrected chi connectivity index (χ3v) is 0.484. The molecule has 0 heterocycles. The van der Waals surface area contributed by atoms with Crippen molar-refractivity contribution in [2.75, 3.05) is 0 Å². The summed E-state index contributed by atoms with van der Waals surface area (Å²) in [7, 11) is 0. The summed E-state index contributed by atoms with van der Waals surface area (Å²) in [5.41, 5.74) is 4.98. The summed E-state index contributed by atoms with van der Waals surface area (Å²) < 4.78 is 0. The van der Waals surface area contributed by atoms with Gasteiger partial charge in [0.1, 0.15) is 11.1 Å². The first-order valence-corrected chi connectivity index (χ1v) is 2.32. The Bertz CT molecular complexity index is 165. The summed E-state index contributed by atoms with van der Waals surface area (Å²) in [6.07, 6.45) is 0. The third-order valence-electron chi connectivity index (χ3n) is 0.392. The molecule has 0 saturated heterocycles. The number of hydrogen-bond donors (Lipinski definition) is 1. The van der Waals surface area contributed by atoms with Gasteiger partial charge in [-0.2, -0.15) is 5.26 Å². The minimum atomic E-state index is -0.0856. The van der Waals surface area contributed by atoms with E-state index in [1.807, 2.05) is 0 Å². The van der Waals surface area contributed by atoms with Gasteiger partial charge in [0, 0.05) is 0 Å². The molecule has 0 unspecified atom stereocenters. The van der Waals surface area contributed by atoms with Crippen molar-refractivity contribution >= 4 is 23.0 Å². The van der Waals surface area contributed by atoms with Gasteiger partial charge < -0.3 is 5.73 Å². The second-order valence-electron chi connectivity index (χ2n) is 1.13. The Morgan fingerprint density at radius 2 is 2.38 bits per heavy atom. The highest BCUT2D eigenvalue weighted by molar-refractivity contribution is 7.80. The van der Waals surface area contributed by atoms with E-state index in [1.165, 1.54) is 0 Å². The Morgan fingerprint density at radius 1 is 1.88 bits per heavy atom. The smallest absolute Gasteiger partial charge is 0.204 e. The minimum absolute atomic E-state index is 0.0856. The van der Waals surface area contributed by atoms with Crippen LogP contribution in [0.2, 0.25) is 0 Å². The molecule has 2 N–H and O–H groups in total. The van der Waals surface area contributed by atoms with Crippen molar-refractivity contribution in [3.63, 3.8) is 0 Å². The summed E-state index contributed by atoms with van der Waals surface area (Å²) in [6.45, 7) is 1.60. The van der Waals surface area contributed by atoms with Crippen LogP contribution in [-0.4, -0.2) is 10.8 Å². The molecule has 0 bridgehead atoms. The average Bonchev–Trinajstić information content (AvgIpc) is 1.65. The zero-order valence-electron chi connectivity index (χ0n) is 4.38. The number of hydrogen-bond acceptors (Lipinski definition) is 2. The molecule has 42 valence electrons. The van der Waals surface area contributed by atoms with Gasteiger partial charge in [0.2, 0.25) is 5.84 Å². The van der Waals surface area contributed by atoms with E-state index in [2.05, 4.69) is 17.2 Å². The number of nitrogens with zero attached hydrogens (tertiary/aromatic N) is 2. The van der Waals surface area contributed by atoms with Crippen LogP contribution in [0, 0.1) is 11.3 Å². The lowest BCUT2D eigenvalue weighted by atomic mass is 10.6. The molecule has 0 radical (unpaired) electrons. The molecule has 3 nitrogen and oxygen atoms in total. The van der Waals surface area contributed by atoms with Gasteiger partial charge in [-0.25, -0.2) is 4.99 Å². The molecule has 0 aliphatic heterocycles. The number of nitrogens with two attached hydrogens (primary N) is 1. The molecule has 0 aromatic rings. The van der Waals surface area contributed by atoms with Crippen LogP contribution in [0.5, 0.6) is 0 Å². The average molecular weight is 127 g/mol. The second-order valence-corrected chi connectivity index (χ2v) is 1.72. The van der Waals surface area contributed by atoms with Crippen LogP contribution in [0.1, 0.15) is 6.92 Å². The molecule has 0 spiro atoms. The van der Waals surface area contributed by atoms with Crippen LogP contribution < -0.4 is 5.73 Å². The highest BCUT2D eigenvalue weighted by atomic mass is 32.1. The normalized spacial score (nSPS) is 10.2. The maximum Gasteiger partial charge on any atom is 0.204 e. The largest absolute Gasteiger partial charge is 0.375 e. The van der Waals surface area contributed by atoms with Crippen molar-refractivity contribution in [1.82, 2.24) is 0 Å². The van der Waals surface area contributed by atoms with Crippen molar-refractivity contribution < 1.29 is 0 Å². The van der Waals surface area contributed by atoms with Crippen LogP contribution in [0.4, 0.5) is 0 Å². The molecule has 0 aliphatic carbocycles. The fourth-order valence-corrected chi connectivity index (χ4v) is 0.293. The molecule has 0 atom stereocenters. The molecule has 0 rings (SSSR count). The monoisotopic (exact) mass is 127 g/mol. The minimum Gasteiger partial charge on any atom is -0.375 e. The predicted molar refractivity (Wildman–Crippen MR) is 35.5 cm³/mol. The molecule has 0 aromatic heterocycles. The molecular formula is C4H5N3S. The van der Waals surface area contributed by atoms with E-state index >= 15 is 0 Å². The Morgan fingerprint density at radius 3 is 2.50 bits per heavy atom. The van der Waals surface area contributed by atoms with Gasteiger partial charge >= 0.3 is 0 Å². The second kappa shape index (κ2) is 3.10. The van der Waals surface area contributed by atoms with Gasteiger partial charge in [-0.15, -0.1) is 0 Å². The lowest BCUT2D eigenvalue weighted by Crippen LogP contribution is -2.09. The molecule has 0 aromatic carbocycles. The zero-order valence-corrected chi connectivity index (χ0v) is 5.20. The van der Waals surface area contributed by atoms with E-state index in [4.69, 9.17) is 11.0 Å². The lowest BCUT2D eigenvalue weighted by molar-refractivity contribution is 1.51. The van der Waals surface area contributed by atoms with Crippen molar-refractivity contribution in [1.29, 1.82) is 5.26 Å². The van der Waals surface area contributed by atoms with Crippen LogP contribution >= 0.6 is 12.2 Å².